The van der Waals surface area contributed by atoms with Crippen LogP contribution in [0.3, 0.4) is 0 Å². The Morgan fingerprint density at radius 1 is 1.11 bits per heavy atom. The molecular weight excluding hydrogens is 539 g/mol. The second-order valence-electron chi connectivity index (χ2n) is 11.6. The molecule has 3 fully saturated rings. The Bertz CT molecular complexity index is 1110. The van der Waals surface area contributed by atoms with Gasteiger partial charge in [-0.05, 0) is 56.1 Å². The number of thiazole rings is 1. The monoisotopic (exact) mass is 580 g/mol. The van der Waals surface area contributed by atoms with E-state index in [1.54, 1.807) is 7.11 Å². The van der Waals surface area contributed by atoms with Gasteiger partial charge in [0.05, 0.1) is 36.6 Å². The van der Waals surface area contributed by atoms with Crippen LogP contribution >= 0.6 is 11.3 Å². The number of quaternary nitrogens is 2. The molecule has 1 amide bonds. The third-order valence-corrected chi connectivity index (χ3v) is 10.9. The number of nitrogens with two attached hydrogens (primary N) is 2. The molecule has 2 aromatic rings. The molecule has 3 aliphatic heterocycles. The van der Waals surface area contributed by atoms with Crippen molar-refractivity contribution >= 4 is 17.2 Å². The van der Waals surface area contributed by atoms with Gasteiger partial charge in [0.2, 0.25) is 5.91 Å². The summed E-state index contributed by atoms with van der Waals surface area (Å²) < 4.78 is 5.75. The lowest BCUT2D eigenvalue weighted by Gasteiger charge is -2.46. The number of carbonyl (C=O) groups is 1. The van der Waals surface area contributed by atoms with Crippen LogP contribution in [0.25, 0.3) is 0 Å². The third kappa shape index (κ3) is 5.22. The van der Waals surface area contributed by atoms with Gasteiger partial charge in [0.25, 0.3) is 0 Å². The fourth-order valence-corrected chi connectivity index (χ4v) is 9.18. The van der Waals surface area contributed by atoms with E-state index in [9.17, 15) is 4.79 Å². The Balaban J connectivity index is 0.00000168. The van der Waals surface area contributed by atoms with E-state index in [0.29, 0.717) is 23.8 Å². The van der Waals surface area contributed by atoms with Crippen LogP contribution in [0.5, 0.6) is 5.75 Å². The quantitative estimate of drug-likeness (QED) is 0.391. The van der Waals surface area contributed by atoms with E-state index in [2.05, 4.69) is 46.7 Å². The van der Waals surface area contributed by atoms with Crippen LogP contribution in [0.1, 0.15) is 72.0 Å². The summed E-state index contributed by atoms with van der Waals surface area (Å²) in [5.41, 5.74) is 2.49. The van der Waals surface area contributed by atoms with Crippen LogP contribution in [0.2, 0.25) is 0 Å². The summed E-state index contributed by atoms with van der Waals surface area (Å²) >= 11 is 1.85. The molecule has 210 valence electrons. The zero-order valence-electron chi connectivity index (χ0n) is 22.6. The first-order chi connectivity index (χ1) is 17.6. The molecule has 0 bridgehead atoms. The van der Waals surface area contributed by atoms with E-state index < -0.39 is 0 Å². The van der Waals surface area contributed by atoms with Crippen molar-refractivity contribution in [1.29, 1.82) is 0 Å². The second-order valence-corrected chi connectivity index (χ2v) is 12.8. The maximum atomic E-state index is 14.6. The lowest BCUT2D eigenvalue weighted by Crippen LogP contribution is -3.00. The van der Waals surface area contributed by atoms with Gasteiger partial charge in [0, 0.05) is 12.6 Å². The summed E-state index contributed by atoms with van der Waals surface area (Å²) in [6.07, 6.45) is 8.58. The van der Waals surface area contributed by atoms with Gasteiger partial charge in [-0.1, -0.05) is 37.5 Å². The highest BCUT2D eigenvalue weighted by Gasteiger charge is 2.58. The minimum absolute atomic E-state index is 0. The zero-order valence-corrected chi connectivity index (χ0v) is 25.0. The molecule has 1 aliphatic carbocycles. The van der Waals surface area contributed by atoms with Crippen LogP contribution in [0.15, 0.2) is 24.3 Å². The predicted octanol–water partition coefficient (Wildman–Crippen LogP) is -3.67. The normalized spacial score (nSPS) is 29.3. The molecule has 6 rings (SSSR count). The van der Waals surface area contributed by atoms with Gasteiger partial charge in [-0.15, -0.1) is 11.3 Å². The predicted molar refractivity (Wildman–Crippen MR) is 141 cm³/mol. The summed E-state index contributed by atoms with van der Waals surface area (Å²) in [4.78, 5) is 23.2. The van der Waals surface area contributed by atoms with Gasteiger partial charge >= 0.3 is 0 Å². The number of methoxy groups -OCH3 is 1. The number of hydrogen-bond donors (Lipinski definition) is 2. The van der Waals surface area contributed by atoms with E-state index in [4.69, 9.17) is 9.72 Å². The zero-order chi connectivity index (χ0) is 24.7. The van der Waals surface area contributed by atoms with Crippen molar-refractivity contribution < 1.29 is 45.0 Å². The highest BCUT2D eigenvalue weighted by atomic mass is 35.5. The summed E-state index contributed by atoms with van der Waals surface area (Å²) in [6.45, 7) is 6.88. The van der Waals surface area contributed by atoms with Crippen molar-refractivity contribution in [2.24, 2.45) is 11.8 Å². The molecule has 1 spiro atoms. The van der Waals surface area contributed by atoms with E-state index >= 15 is 0 Å². The van der Waals surface area contributed by atoms with E-state index in [0.717, 1.165) is 56.3 Å². The first kappa shape index (κ1) is 29.6. The van der Waals surface area contributed by atoms with E-state index in [1.165, 1.54) is 48.2 Å². The summed E-state index contributed by atoms with van der Waals surface area (Å²) in [7, 11) is 1.78. The minimum atomic E-state index is -0.0623. The number of carbonyl (C=O) groups excluding carboxylic acids is 1. The Hall–Kier alpha value is -1.38. The molecule has 0 radical (unpaired) electrons. The number of nitrogens with zero attached hydrogens (tertiary/aromatic N) is 2. The molecule has 4 N–H and O–H groups in total. The first-order valence-corrected chi connectivity index (χ1v) is 15.0. The number of aromatic nitrogens is 1. The Kier molecular flexibility index (Phi) is 9.68. The number of rotatable bonds is 4. The van der Waals surface area contributed by atoms with Crippen molar-refractivity contribution in [1.82, 2.24) is 9.88 Å². The van der Waals surface area contributed by atoms with E-state index in [-0.39, 0.29) is 36.1 Å². The molecular formula is C29H42Cl2N4O2S. The molecule has 0 unspecified atom stereocenters. The standard InChI is InChI=1S/C29H40N4O2S.2ClH/c1-19-32-24-16-31-18-29(27(24)36-19)17-30-15-23(29)28(34)33-13-12-21(22-10-6-7-11-26(22)35-2)14-25(33)20-8-4-3-5-9-20;;/h6-7,10-11,20-21,23,25,30-31H,3-5,8-9,12-18H2,1-2H3;2*1H/t21-,23+,25+,29+;;/m1../s1. The summed E-state index contributed by atoms with van der Waals surface area (Å²) in [5.74, 6) is 2.56. The number of piperidine rings is 1. The number of benzene rings is 1. The molecule has 4 heterocycles. The van der Waals surface area contributed by atoms with Gasteiger partial charge in [0.15, 0.2) is 0 Å². The lowest BCUT2D eigenvalue weighted by molar-refractivity contribution is -0.691. The number of amides is 1. The largest absolute Gasteiger partial charge is 1.00 e. The van der Waals surface area contributed by atoms with Crippen molar-refractivity contribution in [3.05, 3.63) is 45.4 Å². The Morgan fingerprint density at radius 2 is 1.87 bits per heavy atom. The van der Waals surface area contributed by atoms with Gasteiger partial charge in [0.1, 0.15) is 29.3 Å². The number of para-hydroxylation sites is 1. The number of likely N-dealkylation sites (tertiary alicyclic amines) is 1. The summed E-state index contributed by atoms with van der Waals surface area (Å²) in [5, 5.41) is 5.94. The molecule has 2 saturated heterocycles. The van der Waals surface area contributed by atoms with Crippen LogP contribution in [-0.2, 0) is 16.8 Å². The number of aryl methyl sites for hydroxylation is 1. The van der Waals surface area contributed by atoms with Gasteiger partial charge in [-0.3, -0.25) is 4.79 Å². The third-order valence-electron chi connectivity index (χ3n) is 9.68. The Morgan fingerprint density at radius 3 is 2.66 bits per heavy atom. The molecule has 9 heteroatoms. The van der Waals surface area contributed by atoms with Gasteiger partial charge < -0.3 is 45.1 Å². The van der Waals surface area contributed by atoms with Crippen LogP contribution in [0, 0.1) is 18.8 Å². The van der Waals surface area contributed by atoms with Crippen LogP contribution in [-0.4, -0.2) is 55.1 Å². The maximum absolute atomic E-state index is 14.6. The maximum Gasteiger partial charge on any atom is 0.233 e. The van der Waals surface area contributed by atoms with Crippen molar-refractivity contribution in [3.8, 4) is 5.75 Å². The topological polar surface area (TPSA) is 75.7 Å². The molecule has 1 saturated carbocycles. The van der Waals surface area contributed by atoms with E-state index in [1.807, 2.05) is 11.3 Å². The van der Waals surface area contributed by atoms with Gasteiger partial charge in [-0.25, -0.2) is 4.98 Å². The lowest BCUT2D eigenvalue weighted by atomic mass is 9.71. The summed E-state index contributed by atoms with van der Waals surface area (Å²) in [6, 6.07) is 8.87. The highest BCUT2D eigenvalue weighted by molar-refractivity contribution is 7.11. The van der Waals surface area contributed by atoms with Crippen molar-refractivity contribution in [3.63, 3.8) is 0 Å². The fraction of sp³-hybridized carbons (Fsp3) is 0.655. The first-order valence-electron chi connectivity index (χ1n) is 14.1. The fourth-order valence-electron chi connectivity index (χ4n) is 7.97. The second kappa shape index (κ2) is 12.4. The smallest absolute Gasteiger partial charge is 0.233 e. The molecule has 4 aliphatic rings. The Labute approximate surface area is 243 Å². The SMILES string of the molecule is COc1ccccc1[C@@H]1CCN(C(=O)[C@@H]2C[NH2+]C[C@]23C[NH2+]Cc2nc(C)sc23)[C@H](C2CCCCC2)C1.[Cl-].[Cl-]. The molecule has 38 heavy (non-hydrogen) atoms. The molecule has 1 aromatic carbocycles. The number of hydrogen-bond acceptors (Lipinski definition) is 4. The molecule has 4 atom stereocenters. The number of halogens is 2. The van der Waals surface area contributed by atoms with Crippen LogP contribution < -0.4 is 40.2 Å². The number of fused-ring (bicyclic) bond motifs is 2. The van der Waals surface area contributed by atoms with Crippen molar-refractivity contribution in [2.45, 2.75) is 75.8 Å². The van der Waals surface area contributed by atoms with Gasteiger partial charge in [-0.2, -0.15) is 0 Å². The van der Waals surface area contributed by atoms with Crippen molar-refractivity contribution in [2.75, 3.05) is 33.3 Å². The number of ether oxygens (including phenoxy) is 1. The average molecular weight is 582 g/mol. The average Bonchev–Trinajstić information content (AvgIpc) is 3.52. The van der Waals surface area contributed by atoms with Crippen LogP contribution in [0.4, 0.5) is 0 Å². The minimum Gasteiger partial charge on any atom is -1.00 e. The molecule has 1 aromatic heterocycles. The molecule has 6 nitrogen and oxygen atoms in total. The highest BCUT2D eigenvalue weighted by Crippen LogP contribution is 2.45.